The number of amides is 1. The highest BCUT2D eigenvalue weighted by Gasteiger charge is 2.20. The fourth-order valence-corrected chi connectivity index (χ4v) is 2.79. The highest BCUT2D eigenvalue weighted by Crippen LogP contribution is 2.24. The molecule has 0 atom stereocenters. The summed E-state index contributed by atoms with van der Waals surface area (Å²) in [6.07, 6.45) is 1.35. The minimum Gasteiger partial charge on any atom is -0.444 e. The zero-order chi connectivity index (χ0) is 17.5. The van der Waals surface area contributed by atoms with Crippen molar-refractivity contribution in [3.63, 3.8) is 0 Å². The standard InChI is InChI=1S/C17H20N4O2S/c1-17(2,3)23-16(22)20(4)10-11-6-5-7-12-13-8-9-18-21(13)15(24)19-14(11)12/h5-9H,10H2,1-4H3,(H,19,24). The minimum absolute atomic E-state index is 0.365. The molecule has 126 valence electrons. The molecule has 3 aromatic rings. The van der Waals surface area contributed by atoms with Crippen LogP contribution in [0.25, 0.3) is 16.4 Å². The van der Waals surface area contributed by atoms with Gasteiger partial charge in [0.2, 0.25) is 0 Å². The number of benzene rings is 1. The molecule has 1 aromatic carbocycles. The molecule has 0 radical (unpaired) electrons. The number of nitrogens with zero attached hydrogens (tertiary/aromatic N) is 4. The summed E-state index contributed by atoms with van der Waals surface area (Å²) >= 11 is 4.41. The molecule has 0 fully saturated rings. The number of ether oxygens (including phenoxy) is 1. The number of rotatable bonds is 2. The number of hydrogen-bond donors (Lipinski definition) is 1. The third kappa shape index (κ3) is 3.17. The van der Waals surface area contributed by atoms with Crippen molar-refractivity contribution in [2.45, 2.75) is 38.1 Å². The van der Waals surface area contributed by atoms with E-state index in [1.807, 2.05) is 45.0 Å². The summed E-state index contributed by atoms with van der Waals surface area (Å²) in [7, 11) is 1.71. The van der Waals surface area contributed by atoms with Crippen LogP contribution in [0.1, 0.15) is 26.3 Å². The summed E-state index contributed by atoms with van der Waals surface area (Å²) in [5.74, 6) is 0. The van der Waals surface area contributed by atoms with Gasteiger partial charge in [0.25, 0.3) is 0 Å². The second-order valence-electron chi connectivity index (χ2n) is 6.69. The molecule has 24 heavy (non-hydrogen) atoms. The molecular weight excluding hydrogens is 324 g/mol. The smallest absolute Gasteiger partial charge is 0.410 e. The predicted octanol–water partition coefficient (Wildman–Crippen LogP) is 3.54. The fourth-order valence-electron chi connectivity index (χ4n) is 2.53. The van der Waals surface area contributed by atoms with Crippen LogP contribution in [-0.4, -0.2) is 38.2 Å². The van der Waals surface area contributed by atoms with Crippen LogP contribution in [0.3, 0.4) is 0 Å². The zero-order valence-electron chi connectivity index (χ0n) is 14.1. The van der Waals surface area contributed by atoms with Crippen LogP contribution >= 0.6 is 12.6 Å². The summed E-state index contributed by atoms with van der Waals surface area (Å²) in [5.41, 5.74) is 2.15. The van der Waals surface area contributed by atoms with E-state index in [2.05, 4.69) is 22.7 Å². The molecule has 2 aromatic heterocycles. The number of carbonyl (C=O) groups excluding carboxylic acids is 1. The Kier molecular flexibility index (Phi) is 4.13. The lowest BCUT2D eigenvalue weighted by molar-refractivity contribution is 0.0285. The Morgan fingerprint density at radius 1 is 1.33 bits per heavy atom. The normalized spacial score (nSPS) is 11.9. The van der Waals surface area contributed by atoms with Gasteiger partial charge in [-0.2, -0.15) is 5.10 Å². The van der Waals surface area contributed by atoms with Gasteiger partial charge in [-0.3, -0.25) is 0 Å². The molecule has 7 heteroatoms. The number of aromatic nitrogens is 3. The Balaban J connectivity index is 1.98. The van der Waals surface area contributed by atoms with Crippen LogP contribution in [-0.2, 0) is 11.3 Å². The molecule has 3 rings (SSSR count). The lowest BCUT2D eigenvalue weighted by Gasteiger charge is -2.25. The molecule has 0 saturated heterocycles. The predicted molar refractivity (Wildman–Crippen MR) is 95.4 cm³/mol. The molecule has 0 N–H and O–H groups in total. The first kappa shape index (κ1) is 16.6. The maximum Gasteiger partial charge on any atom is 0.410 e. The summed E-state index contributed by atoms with van der Waals surface area (Å²) in [6, 6.07) is 7.82. The van der Waals surface area contributed by atoms with Crippen molar-refractivity contribution >= 4 is 35.1 Å². The maximum atomic E-state index is 12.2. The molecule has 0 saturated carbocycles. The van der Waals surface area contributed by atoms with Crippen molar-refractivity contribution in [2.24, 2.45) is 0 Å². The van der Waals surface area contributed by atoms with Gasteiger partial charge in [0.05, 0.1) is 23.8 Å². The van der Waals surface area contributed by atoms with Gasteiger partial charge in [0.1, 0.15) is 5.60 Å². The Morgan fingerprint density at radius 3 is 2.79 bits per heavy atom. The maximum absolute atomic E-state index is 12.2. The monoisotopic (exact) mass is 344 g/mol. The van der Waals surface area contributed by atoms with Gasteiger partial charge >= 0.3 is 6.09 Å². The molecule has 6 nitrogen and oxygen atoms in total. The second kappa shape index (κ2) is 5.98. The Labute approximate surface area is 145 Å². The highest BCUT2D eigenvalue weighted by atomic mass is 32.1. The van der Waals surface area contributed by atoms with E-state index in [9.17, 15) is 4.79 Å². The van der Waals surface area contributed by atoms with Crippen LogP contribution in [0, 0.1) is 0 Å². The fraction of sp³-hybridized carbons (Fsp3) is 0.353. The molecule has 0 spiro atoms. The van der Waals surface area contributed by atoms with Crippen LogP contribution < -0.4 is 0 Å². The van der Waals surface area contributed by atoms with E-state index < -0.39 is 5.60 Å². The number of para-hydroxylation sites is 1. The van der Waals surface area contributed by atoms with Crippen molar-refractivity contribution in [1.82, 2.24) is 19.5 Å². The first-order chi connectivity index (χ1) is 11.3. The Hall–Kier alpha value is -2.28. The van der Waals surface area contributed by atoms with Gasteiger partial charge in [0, 0.05) is 12.4 Å². The molecular formula is C17H20N4O2S. The van der Waals surface area contributed by atoms with Gasteiger partial charge in [-0.05, 0) is 32.4 Å². The van der Waals surface area contributed by atoms with Crippen molar-refractivity contribution in [3.05, 3.63) is 36.0 Å². The molecule has 2 heterocycles. The van der Waals surface area contributed by atoms with E-state index in [0.717, 1.165) is 22.0 Å². The topological polar surface area (TPSA) is 59.7 Å². The highest BCUT2D eigenvalue weighted by molar-refractivity contribution is 7.80. The summed E-state index contributed by atoms with van der Waals surface area (Å²) in [5, 5.41) is 5.70. The van der Waals surface area contributed by atoms with E-state index >= 15 is 0 Å². The van der Waals surface area contributed by atoms with Crippen LogP contribution in [0.2, 0.25) is 0 Å². The van der Waals surface area contributed by atoms with Crippen molar-refractivity contribution in [3.8, 4) is 0 Å². The SMILES string of the molecule is CN(Cc1cccc2c1nc(S)n1nccc21)C(=O)OC(C)(C)C. The molecule has 0 unspecified atom stereocenters. The molecule has 0 aliphatic carbocycles. The Bertz CT molecular complexity index is 914. The Morgan fingerprint density at radius 2 is 2.08 bits per heavy atom. The first-order valence-corrected chi connectivity index (χ1v) is 8.09. The zero-order valence-corrected chi connectivity index (χ0v) is 15.0. The average Bonchev–Trinajstić information content (AvgIpc) is 2.97. The van der Waals surface area contributed by atoms with Crippen LogP contribution in [0.5, 0.6) is 0 Å². The summed E-state index contributed by atoms with van der Waals surface area (Å²) in [6.45, 7) is 5.95. The van der Waals surface area contributed by atoms with E-state index in [0.29, 0.717) is 11.7 Å². The van der Waals surface area contributed by atoms with Crippen molar-refractivity contribution in [1.29, 1.82) is 0 Å². The minimum atomic E-state index is -0.523. The van der Waals surface area contributed by atoms with E-state index in [4.69, 9.17) is 4.74 Å². The van der Waals surface area contributed by atoms with Gasteiger partial charge in [-0.1, -0.05) is 18.2 Å². The third-order valence-electron chi connectivity index (χ3n) is 3.55. The van der Waals surface area contributed by atoms with E-state index in [1.165, 1.54) is 0 Å². The lowest BCUT2D eigenvalue weighted by Crippen LogP contribution is -2.33. The van der Waals surface area contributed by atoms with Gasteiger partial charge in [0.15, 0.2) is 5.16 Å². The van der Waals surface area contributed by atoms with E-state index in [1.54, 1.807) is 22.7 Å². The molecule has 0 aliphatic rings. The van der Waals surface area contributed by atoms with Crippen molar-refractivity contribution in [2.75, 3.05) is 7.05 Å². The number of fused-ring (bicyclic) bond motifs is 3. The van der Waals surface area contributed by atoms with Gasteiger partial charge < -0.3 is 9.64 Å². The molecule has 0 aliphatic heterocycles. The van der Waals surface area contributed by atoms with E-state index in [-0.39, 0.29) is 6.09 Å². The van der Waals surface area contributed by atoms with Crippen LogP contribution in [0.4, 0.5) is 4.79 Å². The van der Waals surface area contributed by atoms with Gasteiger partial charge in [-0.25, -0.2) is 14.3 Å². The average molecular weight is 344 g/mol. The quantitative estimate of drug-likeness (QED) is 0.571. The molecule has 0 bridgehead atoms. The lowest BCUT2D eigenvalue weighted by atomic mass is 10.1. The summed E-state index contributed by atoms with van der Waals surface area (Å²) < 4.78 is 7.09. The largest absolute Gasteiger partial charge is 0.444 e. The number of hydrogen-bond acceptors (Lipinski definition) is 5. The molecule has 1 amide bonds. The second-order valence-corrected chi connectivity index (χ2v) is 7.09. The number of thiol groups is 1. The number of carbonyl (C=O) groups is 1. The van der Waals surface area contributed by atoms with Gasteiger partial charge in [-0.15, -0.1) is 12.6 Å². The first-order valence-electron chi connectivity index (χ1n) is 7.65. The van der Waals surface area contributed by atoms with Crippen molar-refractivity contribution < 1.29 is 9.53 Å². The third-order valence-corrected chi connectivity index (χ3v) is 3.84. The van der Waals surface area contributed by atoms with Crippen LogP contribution in [0.15, 0.2) is 35.6 Å². The summed E-state index contributed by atoms with van der Waals surface area (Å²) in [4.78, 5) is 18.3.